The van der Waals surface area contributed by atoms with Gasteiger partial charge in [0, 0.05) is 5.56 Å². The molecular weight excluding hydrogens is 201 g/mol. The monoisotopic (exact) mass is 209 g/mol. The molecule has 72 valence electrons. The third kappa shape index (κ3) is 1.61. The summed E-state index contributed by atoms with van der Waals surface area (Å²) in [4.78, 5) is 3.82. The number of aromatic hydroxyl groups is 1. The van der Waals surface area contributed by atoms with Crippen molar-refractivity contribution >= 4 is 11.3 Å². The number of rotatable bonds is 1. The van der Waals surface area contributed by atoms with Gasteiger partial charge in [-0.1, -0.05) is 11.6 Å². The van der Waals surface area contributed by atoms with Gasteiger partial charge in [0.2, 0.25) is 5.88 Å². The molecule has 1 aromatic carbocycles. The van der Waals surface area contributed by atoms with Crippen molar-refractivity contribution in [1.29, 1.82) is 0 Å². The number of aryl methyl sites for hydroxylation is 1. The lowest BCUT2D eigenvalue weighted by Crippen LogP contribution is -1.84. The van der Waals surface area contributed by atoms with E-state index < -0.39 is 0 Å². The van der Waals surface area contributed by atoms with E-state index in [9.17, 15) is 4.39 Å². The third-order valence-corrected chi connectivity index (χ3v) is 2.71. The Morgan fingerprint density at radius 3 is 2.86 bits per heavy atom. The zero-order chi connectivity index (χ0) is 10.1. The smallest absolute Gasteiger partial charge is 0.222 e. The molecule has 0 amide bonds. The van der Waals surface area contributed by atoms with Crippen molar-refractivity contribution in [3.8, 4) is 16.5 Å². The van der Waals surface area contributed by atoms with E-state index in [4.69, 9.17) is 5.11 Å². The van der Waals surface area contributed by atoms with Crippen LogP contribution in [-0.2, 0) is 0 Å². The quantitative estimate of drug-likeness (QED) is 0.783. The number of thiazole rings is 1. The molecule has 0 aliphatic carbocycles. The minimum absolute atomic E-state index is 0.0640. The van der Waals surface area contributed by atoms with Gasteiger partial charge in [-0.05, 0) is 19.1 Å². The highest BCUT2D eigenvalue weighted by molar-refractivity contribution is 7.13. The summed E-state index contributed by atoms with van der Waals surface area (Å²) in [5, 5.41) is 11.0. The average Bonchev–Trinajstić information content (AvgIpc) is 2.56. The fraction of sp³-hybridized carbons (Fsp3) is 0.100. The molecule has 0 bridgehead atoms. The summed E-state index contributed by atoms with van der Waals surface area (Å²) in [7, 11) is 0. The molecule has 0 aliphatic rings. The van der Waals surface area contributed by atoms with E-state index in [0.29, 0.717) is 10.6 Å². The molecule has 0 saturated carbocycles. The zero-order valence-electron chi connectivity index (χ0n) is 7.49. The molecule has 2 nitrogen and oxygen atoms in total. The van der Waals surface area contributed by atoms with Gasteiger partial charge in [-0.15, -0.1) is 11.3 Å². The number of benzene rings is 1. The highest BCUT2D eigenvalue weighted by atomic mass is 32.1. The normalized spacial score (nSPS) is 10.4. The largest absolute Gasteiger partial charge is 0.493 e. The van der Waals surface area contributed by atoms with Crippen molar-refractivity contribution in [3.63, 3.8) is 0 Å². The van der Waals surface area contributed by atoms with Gasteiger partial charge in [-0.2, -0.15) is 0 Å². The molecule has 4 heteroatoms. The summed E-state index contributed by atoms with van der Waals surface area (Å²) in [6.45, 7) is 1.89. The maximum absolute atomic E-state index is 13.3. The molecule has 14 heavy (non-hydrogen) atoms. The van der Waals surface area contributed by atoms with Crippen LogP contribution in [0.15, 0.2) is 23.6 Å². The van der Waals surface area contributed by atoms with Crippen molar-refractivity contribution in [2.24, 2.45) is 0 Å². The first-order chi connectivity index (χ1) is 6.66. The summed E-state index contributed by atoms with van der Waals surface area (Å²) in [6.07, 6.45) is 0. The van der Waals surface area contributed by atoms with Crippen LogP contribution in [0, 0.1) is 12.7 Å². The Labute approximate surface area is 84.7 Å². The maximum Gasteiger partial charge on any atom is 0.222 e. The SMILES string of the molecule is Cc1ccc(F)c(-c2nc(O)cs2)c1. The number of hydrogen-bond donors (Lipinski definition) is 1. The molecular formula is C10H8FNOS. The van der Waals surface area contributed by atoms with Gasteiger partial charge >= 0.3 is 0 Å². The predicted octanol–water partition coefficient (Wildman–Crippen LogP) is 2.96. The van der Waals surface area contributed by atoms with Crippen LogP contribution in [0.3, 0.4) is 0 Å². The molecule has 0 atom stereocenters. The molecule has 0 radical (unpaired) electrons. The van der Waals surface area contributed by atoms with Gasteiger partial charge in [-0.3, -0.25) is 0 Å². The van der Waals surface area contributed by atoms with Crippen molar-refractivity contribution in [1.82, 2.24) is 4.98 Å². The van der Waals surface area contributed by atoms with E-state index in [1.54, 1.807) is 12.1 Å². The Morgan fingerprint density at radius 2 is 2.21 bits per heavy atom. The number of nitrogens with zero attached hydrogens (tertiary/aromatic N) is 1. The third-order valence-electron chi connectivity index (χ3n) is 1.84. The van der Waals surface area contributed by atoms with E-state index in [2.05, 4.69) is 4.98 Å². The van der Waals surface area contributed by atoms with Crippen LogP contribution in [0.2, 0.25) is 0 Å². The second-order valence-electron chi connectivity index (χ2n) is 2.99. The number of aromatic nitrogens is 1. The first-order valence-corrected chi connectivity index (χ1v) is 4.96. The summed E-state index contributed by atoms with van der Waals surface area (Å²) in [6, 6.07) is 4.82. The average molecular weight is 209 g/mol. The second kappa shape index (κ2) is 3.38. The van der Waals surface area contributed by atoms with Crippen LogP contribution in [0.5, 0.6) is 5.88 Å². The minimum atomic E-state index is -0.315. The standard InChI is InChI=1S/C10H8FNOS/c1-6-2-3-8(11)7(4-6)10-12-9(13)5-14-10/h2-5,13H,1H3. The summed E-state index contributed by atoms with van der Waals surface area (Å²) in [5.41, 5.74) is 1.41. The first kappa shape index (κ1) is 9.15. The molecule has 2 rings (SSSR count). The lowest BCUT2D eigenvalue weighted by Gasteiger charge is -1.99. The second-order valence-corrected chi connectivity index (χ2v) is 3.85. The summed E-state index contributed by atoms with van der Waals surface area (Å²) < 4.78 is 13.3. The zero-order valence-corrected chi connectivity index (χ0v) is 8.31. The van der Waals surface area contributed by atoms with Crippen LogP contribution >= 0.6 is 11.3 Å². The van der Waals surface area contributed by atoms with E-state index in [1.807, 2.05) is 6.92 Å². The summed E-state index contributed by atoms with van der Waals surface area (Å²) in [5.74, 6) is -0.379. The van der Waals surface area contributed by atoms with Gasteiger partial charge in [0.15, 0.2) is 0 Å². The minimum Gasteiger partial charge on any atom is -0.493 e. The molecule has 0 saturated heterocycles. The van der Waals surface area contributed by atoms with Crippen molar-refractivity contribution in [2.75, 3.05) is 0 Å². The van der Waals surface area contributed by atoms with Crippen molar-refractivity contribution in [3.05, 3.63) is 35.0 Å². The molecule has 0 aliphatic heterocycles. The van der Waals surface area contributed by atoms with Gasteiger partial charge in [0.1, 0.15) is 10.8 Å². The molecule has 1 N–H and O–H groups in total. The lowest BCUT2D eigenvalue weighted by molar-refractivity contribution is 0.458. The molecule has 2 aromatic rings. The van der Waals surface area contributed by atoms with E-state index >= 15 is 0 Å². The fourth-order valence-corrected chi connectivity index (χ4v) is 1.89. The Hall–Kier alpha value is -1.42. The molecule has 1 heterocycles. The maximum atomic E-state index is 13.3. The van der Waals surface area contributed by atoms with Gasteiger partial charge in [0.25, 0.3) is 0 Å². The van der Waals surface area contributed by atoms with E-state index in [0.717, 1.165) is 5.56 Å². The topological polar surface area (TPSA) is 33.1 Å². The highest BCUT2D eigenvalue weighted by Crippen LogP contribution is 2.28. The van der Waals surface area contributed by atoms with E-state index in [1.165, 1.54) is 22.8 Å². The Morgan fingerprint density at radius 1 is 1.43 bits per heavy atom. The number of halogens is 1. The lowest BCUT2D eigenvalue weighted by atomic mass is 10.1. The van der Waals surface area contributed by atoms with Crippen LogP contribution < -0.4 is 0 Å². The molecule has 0 fully saturated rings. The Balaban J connectivity index is 2.55. The van der Waals surface area contributed by atoms with Crippen LogP contribution in [0.1, 0.15) is 5.56 Å². The molecule has 0 unspecified atom stereocenters. The fourth-order valence-electron chi connectivity index (χ4n) is 1.19. The molecule has 1 aromatic heterocycles. The first-order valence-electron chi connectivity index (χ1n) is 4.08. The number of hydrogen-bond acceptors (Lipinski definition) is 3. The van der Waals surface area contributed by atoms with Crippen LogP contribution in [0.4, 0.5) is 4.39 Å². The predicted molar refractivity (Wildman–Crippen MR) is 53.9 cm³/mol. The van der Waals surface area contributed by atoms with Crippen molar-refractivity contribution < 1.29 is 9.50 Å². The van der Waals surface area contributed by atoms with Gasteiger partial charge in [0.05, 0.1) is 5.38 Å². The van der Waals surface area contributed by atoms with E-state index in [-0.39, 0.29) is 11.7 Å². The van der Waals surface area contributed by atoms with Crippen LogP contribution in [0.25, 0.3) is 10.6 Å². The van der Waals surface area contributed by atoms with Crippen LogP contribution in [-0.4, -0.2) is 10.1 Å². The summed E-state index contributed by atoms with van der Waals surface area (Å²) >= 11 is 1.22. The molecule has 0 spiro atoms. The van der Waals surface area contributed by atoms with Gasteiger partial charge in [-0.25, -0.2) is 9.37 Å². The Bertz CT molecular complexity index is 467. The highest BCUT2D eigenvalue weighted by Gasteiger charge is 2.09. The van der Waals surface area contributed by atoms with Crippen molar-refractivity contribution in [2.45, 2.75) is 6.92 Å². The Kier molecular flexibility index (Phi) is 2.21. The van der Waals surface area contributed by atoms with Gasteiger partial charge < -0.3 is 5.11 Å².